The SMILES string of the molecule is Cc1nn(C(=O)OC(C)(C)C)c2c(F)ccc(F)c12. The monoisotopic (exact) mass is 268 g/mol. The molecule has 6 heteroatoms. The van der Waals surface area contributed by atoms with E-state index in [-0.39, 0.29) is 16.6 Å². The molecule has 0 bridgehead atoms. The highest BCUT2D eigenvalue weighted by Gasteiger charge is 2.24. The number of halogens is 2. The van der Waals surface area contributed by atoms with Gasteiger partial charge in [0.1, 0.15) is 22.8 Å². The smallest absolute Gasteiger partial charge is 0.435 e. The summed E-state index contributed by atoms with van der Waals surface area (Å²) in [5.74, 6) is -1.34. The highest BCUT2D eigenvalue weighted by molar-refractivity contribution is 5.90. The molecule has 2 aromatic rings. The highest BCUT2D eigenvalue weighted by atomic mass is 19.1. The average Bonchev–Trinajstić information content (AvgIpc) is 2.61. The number of rotatable bonds is 0. The number of hydrogen-bond acceptors (Lipinski definition) is 3. The number of fused-ring (bicyclic) bond motifs is 1. The third kappa shape index (κ3) is 2.43. The van der Waals surface area contributed by atoms with Crippen LogP contribution >= 0.6 is 0 Å². The number of benzene rings is 1. The summed E-state index contributed by atoms with van der Waals surface area (Å²) in [6.45, 7) is 6.55. The van der Waals surface area contributed by atoms with E-state index in [0.29, 0.717) is 0 Å². The van der Waals surface area contributed by atoms with E-state index in [4.69, 9.17) is 4.74 Å². The van der Waals surface area contributed by atoms with E-state index in [1.54, 1.807) is 20.8 Å². The largest absolute Gasteiger partial charge is 0.442 e. The van der Waals surface area contributed by atoms with E-state index in [9.17, 15) is 13.6 Å². The molecule has 1 aromatic heterocycles. The molecule has 0 saturated carbocycles. The number of carbonyl (C=O) groups is 1. The van der Waals surface area contributed by atoms with Gasteiger partial charge in [-0.3, -0.25) is 0 Å². The maximum absolute atomic E-state index is 13.8. The number of aryl methyl sites for hydroxylation is 1. The van der Waals surface area contributed by atoms with Crippen LogP contribution in [0.2, 0.25) is 0 Å². The molecular formula is C13H14F2N2O2. The number of nitrogens with zero attached hydrogens (tertiary/aromatic N) is 2. The minimum Gasteiger partial charge on any atom is -0.442 e. The van der Waals surface area contributed by atoms with Crippen LogP contribution < -0.4 is 0 Å². The van der Waals surface area contributed by atoms with Gasteiger partial charge in [0.05, 0.1) is 11.1 Å². The molecule has 19 heavy (non-hydrogen) atoms. The Morgan fingerprint density at radius 1 is 1.26 bits per heavy atom. The normalized spacial score (nSPS) is 11.9. The van der Waals surface area contributed by atoms with Crippen LogP contribution in [0.1, 0.15) is 26.5 Å². The van der Waals surface area contributed by atoms with Gasteiger partial charge in [0.2, 0.25) is 0 Å². The molecule has 0 fully saturated rings. The summed E-state index contributed by atoms with van der Waals surface area (Å²) in [5, 5.41) is 3.85. The van der Waals surface area contributed by atoms with E-state index < -0.39 is 23.3 Å². The van der Waals surface area contributed by atoms with Gasteiger partial charge < -0.3 is 4.74 Å². The molecule has 1 heterocycles. The van der Waals surface area contributed by atoms with Crippen LogP contribution in [0.5, 0.6) is 0 Å². The van der Waals surface area contributed by atoms with Gasteiger partial charge in [-0.2, -0.15) is 9.78 Å². The standard InChI is InChI=1S/C13H14F2N2O2/c1-7-10-8(14)5-6-9(15)11(10)17(16-7)12(18)19-13(2,3)4/h5-6H,1-4H3. The molecule has 2 rings (SSSR count). The zero-order valence-corrected chi connectivity index (χ0v) is 11.1. The van der Waals surface area contributed by atoms with Crippen LogP contribution in [0.4, 0.5) is 13.6 Å². The fraction of sp³-hybridized carbons (Fsp3) is 0.385. The summed E-state index contributed by atoms with van der Waals surface area (Å²) in [5.41, 5.74) is -0.711. The second-order valence-corrected chi connectivity index (χ2v) is 5.23. The Bertz CT molecular complexity index is 657. The van der Waals surface area contributed by atoms with E-state index in [0.717, 1.165) is 16.8 Å². The van der Waals surface area contributed by atoms with Crippen LogP contribution in [0.25, 0.3) is 10.9 Å². The first-order chi connectivity index (χ1) is 8.70. The lowest BCUT2D eigenvalue weighted by atomic mass is 10.2. The molecule has 0 N–H and O–H groups in total. The van der Waals surface area contributed by atoms with Crippen molar-refractivity contribution in [3.63, 3.8) is 0 Å². The van der Waals surface area contributed by atoms with Crippen molar-refractivity contribution in [2.45, 2.75) is 33.3 Å². The first-order valence-corrected chi connectivity index (χ1v) is 5.77. The van der Waals surface area contributed by atoms with Crippen LogP contribution in [0.3, 0.4) is 0 Å². The predicted molar refractivity (Wildman–Crippen MR) is 66.0 cm³/mol. The number of hydrogen-bond donors (Lipinski definition) is 0. The van der Waals surface area contributed by atoms with Crippen molar-refractivity contribution in [2.75, 3.05) is 0 Å². The molecular weight excluding hydrogens is 254 g/mol. The third-order valence-corrected chi connectivity index (χ3v) is 2.47. The second kappa shape index (κ2) is 4.29. The zero-order valence-electron chi connectivity index (χ0n) is 11.1. The fourth-order valence-electron chi connectivity index (χ4n) is 1.78. The average molecular weight is 268 g/mol. The van der Waals surface area contributed by atoms with Gasteiger partial charge in [0, 0.05) is 0 Å². The summed E-state index contributed by atoms with van der Waals surface area (Å²) in [6, 6.07) is 1.96. The molecule has 1 aromatic carbocycles. The molecule has 0 saturated heterocycles. The lowest BCUT2D eigenvalue weighted by Gasteiger charge is -2.19. The molecule has 0 aliphatic heterocycles. The molecule has 0 radical (unpaired) electrons. The summed E-state index contributed by atoms with van der Waals surface area (Å²) >= 11 is 0. The second-order valence-electron chi connectivity index (χ2n) is 5.23. The Labute approximate surface area is 109 Å². The quantitative estimate of drug-likeness (QED) is 0.735. The minimum absolute atomic E-state index is 0.00846. The lowest BCUT2D eigenvalue weighted by molar-refractivity contribution is 0.0521. The summed E-state index contributed by atoms with van der Waals surface area (Å²) in [7, 11) is 0. The fourth-order valence-corrected chi connectivity index (χ4v) is 1.78. The molecule has 0 amide bonds. The molecule has 0 spiro atoms. The van der Waals surface area contributed by atoms with Crippen LogP contribution in [0, 0.1) is 18.6 Å². The Morgan fingerprint density at radius 2 is 1.84 bits per heavy atom. The van der Waals surface area contributed by atoms with Crippen LogP contribution in [0.15, 0.2) is 12.1 Å². The van der Waals surface area contributed by atoms with Crippen LogP contribution in [-0.2, 0) is 4.74 Å². The van der Waals surface area contributed by atoms with Gasteiger partial charge in [-0.15, -0.1) is 0 Å². The van der Waals surface area contributed by atoms with Gasteiger partial charge in [-0.25, -0.2) is 13.6 Å². The summed E-state index contributed by atoms with van der Waals surface area (Å²) < 4.78 is 33.3. The van der Waals surface area contributed by atoms with E-state index >= 15 is 0 Å². The number of carbonyl (C=O) groups excluding carboxylic acids is 1. The molecule has 0 aliphatic carbocycles. The Kier molecular flexibility index (Phi) is 3.04. The van der Waals surface area contributed by atoms with Crippen molar-refractivity contribution < 1.29 is 18.3 Å². The maximum atomic E-state index is 13.8. The van der Waals surface area contributed by atoms with Gasteiger partial charge >= 0.3 is 6.09 Å². The van der Waals surface area contributed by atoms with Crippen LogP contribution in [-0.4, -0.2) is 21.5 Å². The summed E-state index contributed by atoms with van der Waals surface area (Å²) in [4.78, 5) is 11.9. The van der Waals surface area contributed by atoms with E-state index in [2.05, 4.69) is 5.10 Å². The molecule has 4 nitrogen and oxygen atoms in total. The maximum Gasteiger partial charge on any atom is 0.435 e. The Hall–Kier alpha value is -1.98. The zero-order chi connectivity index (χ0) is 14.4. The van der Waals surface area contributed by atoms with Gasteiger partial charge in [-0.1, -0.05) is 0 Å². The van der Waals surface area contributed by atoms with Crippen molar-refractivity contribution in [1.82, 2.24) is 9.78 Å². The van der Waals surface area contributed by atoms with E-state index in [1.807, 2.05) is 0 Å². The lowest BCUT2D eigenvalue weighted by Crippen LogP contribution is -2.28. The van der Waals surface area contributed by atoms with Gasteiger partial charge in [0.25, 0.3) is 0 Å². The predicted octanol–water partition coefficient (Wildman–Crippen LogP) is 3.41. The van der Waals surface area contributed by atoms with Crippen molar-refractivity contribution in [3.05, 3.63) is 29.5 Å². The molecule has 0 aliphatic rings. The third-order valence-electron chi connectivity index (χ3n) is 2.47. The number of ether oxygens (including phenoxy) is 1. The topological polar surface area (TPSA) is 44.1 Å². The van der Waals surface area contributed by atoms with Gasteiger partial charge in [-0.05, 0) is 39.8 Å². The van der Waals surface area contributed by atoms with E-state index in [1.165, 1.54) is 6.92 Å². The molecule has 0 unspecified atom stereocenters. The summed E-state index contributed by atoms with van der Waals surface area (Å²) in [6.07, 6.45) is -0.838. The molecule has 0 atom stereocenters. The minimum atomic E-state index is -0.838. The number of aromatic nitrogens is 2. The van der Waals surface area contributed by atoms with Crippen molar-refractivity contribution >= 4 is 17.0 Å². The van der Waals surface area contributed by atoms with Crippen molar-refractivity contribution in [1.29, 1.82) is 0 Å². The molecule has 102 valence electrons. The van der Waals surface area contributed by atoms with Gasteiger partial charge in [0.15, 0.2) is 0 Å². The van der Waals surface area contributed by atoms with Crippen molar-refractivity contribution in [3.8, 4) is 0 Å². The highest BCUT2D eigenvalue weighted by Crippen LogP contribution is 2.25. The van der Waals surface area contributed by atoms with Crippen molar-refractivity contribution in [2.24, 2.45) is 0 Å². The first-order valence-electron chi connectivity index (χ1n) is 5.77. The Balaban J connectivity index is 2.63. The first kappa shape index (κ1) is 13.5. The Morgan fingerprint density at radius 3 is 2.42 bits per heavy atom.